The third kappa shape index (κ3) is 3.04. The van der Waals surface area contributed by atoms with Crippen LogP contribution >= 0.6 is 0 Å². The fraction of sp³-hybridized carbons (Fsp3) is 0.760. The molecule has 7 heteroatoms. The van der Waals surface area contributed by atoms with Crippen LogP contribution < -0.4 is 0 Å². The Labute approximate surface area is 189 Å². The molecule has 0 N–H and O–H groups in total. The summed E-state index contributed by atoms with van der Waals surface area (Å²) in [6.07, 6.45) is 0.102. The molecular formula is C25H34O7. The van der Waals surface area contributed by atoms with Gasteiger partial charge >= 0.3 is 11.9 Å². The lowest BCUT2D eigenvalue weighted by Crippen LogP contribution is -2.41. The van der Waals surface area contributed by atoms with Crippen molar-refractivity contribution in [2.75, 3.05) is 6.61 Å². The SMILES string of the molecule is C=C1C(=O)O[C@H]2[C@H]1[C@H](OC(=O)C1(C)OC1C)CC(C)=C1[C@@H](OCC(C)CC)[C@H]3O[C@@]3(C)[C@@H]12. The van der Waals surface area contributed by atoms with Crippen LogP contribution in [0.25, 0.3) is 0 Å². The van der Waals surface area contributed by atoms with Crippen LogP contribution in [0.2, 0.25) is 0 Å². The summed E-state index contributed by atoms with van der Waals surface area (Å²) in [6.45, 7) is 16.7. The van der Waals surface area contributed by atoms with Crippen LogP contribution in [0.5, 0.6) is 0 Å². The van der Waals surface area contributed by atoms with Gasteiger partial charge in [-0.3, -0.25) is 0 Å². The first kappa shape index (κ1) is 22.1. The van der Waals surface area contributed by atoms with Crippen molar-refractivity contribution >= 4 is 11.9 Å². The fourth-order valence-corrected chi connectivity index (χ4v) is 5.86. The standard InChI is InChI=1S/C25H34O7/c1-8-11(2)10-28-20-16-12(3)9-15(29-23(27)24(6)14(5)31-24)17-13(4)22(26)30-19(17)18(16)25(7)21(20)32-25/h11,14-15,17-21H,4,8-10H2,1-3,5-7H3/t11?,14?,15-,17-,18+,19+,20-,21-,24?,25+/m1/s1. The van der Waals surface area contributed by atoms with Crippen molar-refractivity contribution in [1.82, 2.24) is 0 Å². The lowest BCUT2D eigenvalue weighted by molar-refractivity contribution is -0.158. The molecule has 10 atom stereocenters. The third-order valence-electron chi connectivity index (χ3n) is 8.47. The number of carbonyl (C=O) groups is 2. The predicted molar refractivity (Wildman–Crippen MR) is 115 cm³/mol. The zero-order valence-corrected chi connectivity index (χ0v) is 19.8. The lowest BCUT2D eigenvalue weighted by Gasteiger charge is -2.31. The predicted octanol–water partition coefficient (Wildman–Crippen LogP) is 3.11. The highest BCUT2D eigenvalue weighted by atomic mass is 16.7. The summed E-state index contributed by atoms with van der Waals surface area (Å²) in [5, 5.41) is 0. The highest BCUT2D eigenvalue weighted by molar-refractivity contribution is 5.91. The Morgan fingerprint density at radius 1 is 1.31 bits per heavy atom. The van der Waals surface area contributed by atoms with Crippen LogP contribution in [0.3, 0.4) is 0 Å². The Bertz CT molecular complexity index is 908. The Morgan fingerprint density at radius 2 is 2.00 bits per heavy atom. The number of rotatable bonds is 6. The van der Waals surface area contributed by atoms with Crippen molar-refractivity contribution in [3.63, 3.8) is 0 Å². The summed E-state index contributed by atoms with van der Waals surface area (Å²) in [7, 11) is 0. The average molecular weight is 447 g/mol. The van der Waals surface area contributed by atoms with Gasteiger partial charge in [-0.25, -0.2) is 9.59 Å². The first-order valence-corrected chi connectivity index (χ1v) is 11.8. The third-order valence-corrected chi connectivity index (χ3v) is 8.47. The van der Waals surface area contributed by atoms with E-state index in [1.807, 2.05) is 6.92 Å². The van der Waals surface area contributed by atoms with Crippen molar-refractivity contribution < 1.29 is 33.3 Å². The molecule has 176 valence electrons. The maximum atomic E-state index is 12.9. The van der Waals surface area contributed by atoms with Gasteiger partial charge in [-0.15, -0.1) is 0 Å². The normalized spacial score (nSPS) is 47.2. The summed E-state index contributed by atoms with van der Waals surface area (Å²) >= 11 is 0. The molecule has 5 rings (SSSR count). The fourth-order valence-electron chi connectivity index (χ4n) is 5.86. The molecule has 7 nitrogen and oxygen atoms in total. The first-order valence-electron chi connectivity index (χ1n) is 11.8. The monoisotopic (exact) mass is 446 g/mol. The largest absolute Gasteiger partial charge is 0.459 e. The van der Waals surface area contributed by atoms with Crippen LogP contribution in [0.1, 0.15) is 54.4 Å². The van der Waals surface area contributed by atoms with Crippen LogP contribution in [0.15, 0.2) is 23.3 Å². The van der Waals surface area contributed by atoms with E-state index in [1.165, 1.54) is 0 Å². The smallest absolute Gasteiger partial charge is 0.341 e. The van der Waals surface area contributed by atoms with Crippen LogP contribution in [0, 0.1) is 17.8 Å². The molecule has 0 spiro atoms. The van der Waals surface area contributed by atoms with Gasteiger partial charge in [0.15, 0.2) is 5.60 Å². The van der Waals surface area contributed by atoms with Crippen LogP contribution in [-0.4, -0.2) is 60.3 Å². The van der Waals surface area contributed by atoms with Gasteiger partial charge in [0.25, 0.3) is 0 Å². The maximum Gasteiger partial charge on any atom is 0.341 e. The number of carbonyl (C=O) groups excluding carboxylic acids is 2. The molecule has 2 aliphatic carbocycles. The van der Waals surface area contributed by atoms with Crippen molar-refractivity contribution in [2.24, 2.45) is 17.8 Å². The highest BCUT2D eigenvalue weighted by Gasteiger charge is 2.74. The minimum absolute atomic E-state index is 0.0477. The van der Waals surface area contributed by atoms with Gasteiger partial charge in [0, 0.05) is 12.0 Å². The summed E-state index contributed by atoms with van der Waals surface area (Å²) in [5.41, 5.74) is 1.24. The van der Waals surface area contributed by atoms with E-state index in [1.54, 1.807) is 6.92 Å². The van der Waals surface area contributed by atoms with Gasteiger partial charge in [-0.05, 0) is 39.2 Å². The number of ether oxygens (including phenoxy) is 5. The second-order valence-electron chi connectivity index (χ2n) is 10.6. The summed E-state index contributed by atoms with van der Waals surface area (Å²) in [6, 6.07) is 0. The van der Waals surface area contributed by atoms with E-state index < -0.39 is 41.3 Å². The molecule has 4 fully saturated rings. The van der Waals surface area contributed by atoms with Gasteiger partial charge < -0.3 is 23.7 Å². The molecule has 0 radical (unpaired) electrons. The molecular weight excluding hydrogens is 412 g/mol. The molecule has 0 aromatic rings. The van der Waals surface area contributed by atoms with Gasteiger partial charge in [0.2, 0.25) is 0 Å². The molecule has 32 heavy (non-hydrogen) atoms. The van der Waals surface area contributed by atoms with Crippen molar-refractivity contribution in [2.45, 2.75) is 96.1 Å². The number of hydrogen-bond acceptors (Lipinski definition) is 7. The maximum absolute atomic E-state index is 12.9. The summed E-state index contributed by atoms with van der Waals surface area (Å²) < 4.78 is 29.9. The van der Waals surface area contributed by atoms with Gasteiger partial charge in [0.1, 0.15) is 30.0 Å². The minimum Gasteiger partial charge on any atom is -0.459 e. The van der Waals surface area contributed by atoms with Crippen molar-refractivity contribution in [3.05, 3.63) is 23.3 Å². The van der Waals surface area contributed by atoms with E-state index in [9.17, 15) is 9.59 Å². The Balaban J connectivity index is 1.48. The molecule has 3 heterocycles. The van der Waals surface area contributed by atoms with Crippen LogP contribution in [0.4, 0.5) is 0 Å². The topological polar surface area (TPSA) is 86.9 Å². The molecule has 0 aromatic heterocycles. The minimum atomic E-state index is -0.928. The van der Waals surface area contributed by atoms with E-state index in [4.69, 9.17) is 23.7 Å². The molecule has 3 unspecified atom stereocenters. The lowest BCUT2D eigenvalue weighted by atomic mass is 9.80. The number of epoxide rings is 2. The highest BCUT2D eigenvalue weighted by Crippen LogP contribution is 2.63. The molecule has 0 bridgehead atoms. The Kier molecular flexibility index (Phi) is 4.94. The Morgan fingerprint density at radius 3 is 2.62 bits per heavy atom. The zero-order valence-electron chi connectivity index (χ0n) is 19.8. The van der Waals surface area contributed by atoms with Crippen molar-refractivity contribution in [1.29, 1.82) is 0 Å². The second kappa shape index (κ2) is 7.15. The van der Waals surface area contributed by atoms with Crippen molar-refractivity contribution in [3.8, 4) is 0 Å². The summed E-state index contributed by atoms with van der Waals surface area (Å²) in [5.74, 6) is -0.943. The molecule has 3 aliphatic heterocycles. The molecule has 0 amide bonds. The second-order valence-corrected chi connectivity index (χ2v) is 10.6. The summed E-state index contributed by atoms with van der Waals surface area (Å²) in [4.78, 5) is 25.5. The van der Waals surface area contributed by atoms with E-state index in [-0.39, 0.29) is 24.2 Å². The van der Waals surface area contributed by atoms with Gasteiger partial charge in [0.05, 0.1) is 24.5 Å². The van der Waals surface area contributed by atoms with E-state index in [0.29, 0.717) is 24.5 Å². The molecule has 3 saturated heterocycles. The van der Waals surface area contributed by atoms with Gasteiger partial charge in [-0.1, -0.05) is 32.4 Å². The number of fused-ring (bicyclic) bond motifs is 5. The van der Waals surface area contributed by atoms with E-state index in [2.05, 4.69) is 34.3 Å². The number of esters is 2. The van der Waals surface area contributed by atoms with E-state index >= 15 is 0 Å². The van der Waals surface area contributed by atoms with Crippen LogP contribution in [-0.2, 0) is 33.3 Å². The zero-order chi connectivity index (χ0) is 23.2. The van der Waals surface area contributed by atoms with E-state index in [0.717, 1.165) is 17.6 Å². The number of hydrogen-bond donors (Lipinski definition) is 0. The molecule has 5 aliphatic rings. The Hall–Kier alpha value is -1.70. The average Bonchev–Trinajstić information content (AvgIpc) is 3.54. The quantitative estimate of drug-likeness (QED) is 0.268. The first-order chi connectivity index (χ1) is 15.0. The molecule has 0 aromatic carbocycles. The van der Waals surface area contributed by atoms with Gasteiger partial charge in [-0.2, -0.15) is 0 Å². The molecule has 1 saturated carbocycles.